The van der Waals surface area contributed by atoms with Gasteiger partial charge in [0.05, 0.1) is 32.1 Å². The maximum atomic E-state index is 13.2. The average molecular weight is 609 g/mol. The lowest BCUT2D eigenvalue weighted by atomic mass is 9.94. The zero-order valence-electron chi connectivity index (χ0n) is 21.7. The van der Waals surface area contributed by atoms with E-state index in [4.69, 9.17) is 28.2 Å². The molecule has 1 saturated carbocycles. The second-order valence-electron chi connectivity index (χ2n) is 10.2. The van der Waals surface area contributed by atoms with Crippen molar-refractivity contribution in [1.82, 2.24) is 14.9 Å². The summed E-state index contributed by atoms with van der Waals surface area (Å²) in [6.07, 6.45) is 8.84. The minimum atomic E-state index is -0.767. The van der Waals surface area contributed by atoms with E-state index in [0.717, 1.165) is 22.0 Å². The van der Waals surface area contributed by atoms with Gasteiger partial charge in [-0.25, -0.2) is 9.97 Å². The summed E-state index contributed by atoms with van der Waals surface area (Å²) in [5, 5.41) is 15.6. The van der Waals surface area contributed by atoms with Crippen LogP contribution in [0.5, 0.6) is 0 Å². The zero-order chi connectivity index (χ0) is 27.5. The lowest BCUT2D eigenvalue weighted by molar-refractivity contribution is -0.142. The fourth-order valence-corrected chi connectivity index (χ4v) is 7.79. The number of carboxylic acids is 1. The summed E-state index contributed by atoms with van der Waals surface area (Å²) in [4.78, 5) is 40.1. The number of carbonyl (C=O) groups is 2. The van der Waals surface area contributed by atoms with Crippen molar-refractivity contribution in [2.75, 3.05) is 30.4 Å². The first-order chi connectivity index (χ1) is 18.8. The van der Waals surface area contributed by atoms with Gasteiger partial charge in [-0.05, 0) is 44.9 Å². The molecular weight excluding hydrogens is 577 g/mol. The molecule has 12 heteroatoms. The van der Waals surface area contributed by atoms with Gasteiger partial charge in [-0.15, -0.1) is 11.3 Å². The Labute approximate surface area is 246 Å². The Bertz CT molecular complexity index is 1330. The Morgan fingerprint density at radius 2 is 1.90 bits per heavy atom. The van der Waals surface area contributed by atoms with Crippen LogP contribution < -0.4 is 10.2 Å². The molecule has 1 aliphatic heterocycles. The van der Waals surface area contributed by atoms with Gasteiger partial charge >= 0.3 is 5.97 Å². The summed E-state index contributed by atoms with van der Waals surface area (Å²) in [5.74, 6) is -0.878. The standard InChI is InChI=1S/C27H31Cl2N5O3S2/c1-33(19-5-3-2-4-6-19)14-22-23(21-12-18(28)15-38-21)31-27(39-22)32-25(35)17-11-20(29)24(30-13-17)34-9-7-16(8-10-34)26(36)37/h11-13,15-16,19H,2-10,14H2,1H3,(H,36,37)(H,31,32,35). The van der Waals surface area contributed by atoms with Gasteiger partial charge in [-0.1, -0.05) is 53.8 Å². The summed E-state index contributed by atoms with van der Waals surface area (Å²) in [5.41, 5.74) is 1.19. The summed E-state index contributed by atoms with van der Waals surface area (Å²) < 4.78 is 0. The van der Waals surface area contributed by atoms with Crippen LogP contribution in [0.4, 0.5) is 10.9 Å². The molecule has 0 spiro atoms. The van der Waals surface area contributed by atoms with Crippen LogP contribution in [0.15, 0.2) is 23.7 Å². The number of hydrogen-bond donors (Lipinski definition) is 2. The molecule has 2 aliphatic rings. The Kier molecular flexibility index (Phi) is 9.08. The number of piperidine rings is 1. The molecule has 3 aromatic heterocycles. The van der Waals surface area contributed by atoms with Crippen LogP contribution in [0.3, 0.4) is 0 Å². The van der Waals surface area contributed by atoms with Gasteiger partial charge in [0.2, 0.25) is 0 Å². The van der Waals surface area contributed by atoms with Crippen LogP contribution in [0.25, 0.3) is 10.6 Å². The first-order valence-corrected chi connectivity index (χ1v) is 15.6. The van der Waals surface area contributed by atoms with Crippen molar-refractivity contribution >= 4 is 68.7 Å². The monoisotopic (exact) mass is 607 g/mol. The van der Waals surface area contributed by atoms with Gasteiger partial charge in [0.1, 0.15) is 5.82 Å². The summed E-state index contributed by atoms with van der Waals surface area (Å²) in [7, 11) is 2.17. The van der Waals surface area contributed by atoms with E-state index in [1.165, 1.54) is 49.6 Å². The maximum Gasteiger partial charge on any atom is 0.306 e. The smallest absolute Gasteiger partial charge is 0.306 e. The van der Waals surface area contributed by atoms with Gasteiger partial charge in [-0.2, -0.15) is 0 Å². The summed E-state index contributed by atoms with van der Waals surface area (Å²) >= 11 is 15.8. The van der Waals surface area contributed by atoms with Crippen LogP contribution in [0.1, 0.15) is 60.2 Å². The third-order valence-electron chi connectivity index (χ3n) is 7.54. The molecule has 1 aliphatic carbocycles. The predicted molar refractivity (Wildman–Crippen MR) is 159 cm³/mol. The molecule has 0 bridgehead atoms. The lowest BCUT2D eigenvalue weighted by Gasteiger charge is -2.31. The molecule has 8 nitrogen and oxygen atoms in total. The summed E-state index contributed by atoms with van der Waals surface area (Å²) in [6, 6.07) is 4.08. The molecule has 4 heterocycles. The normalized spacial score (nSPS) is 17.1. The van der Waals surface area contributed by atoms with Crippen molar-refractivity contribution in [3.8, 4) is 10.6 Å². The predicted octanol–water partition coefficient (Wildman–Crippen LogP) is 6.89. The molecule has 0 aromatic carbocycles. The zero-order valence-corrected chi connectivity index (χ0v) is 24.8. The third-order valence-corrected chi connectivity index (χ3v) is 10.1. The largest absolute Gasteiger partial charge is 0.481 e. The van der Waals surface area contributed by atoms with Crippen molar-refractivity contribution in [2.45, 2.75) is 57.5 Å². The number of nitrogens with one attached hydrogen (secondary N) is 1. The molecule has 0 unspecified atom stereocenters. The highest BCUT2D eigenvalue weighted by Gasteiger charge is 2.27. The number of thiazole rings is 1. The number of carboxylic acid groups (broad SMARTS) is 1. The number of carbonyl (C=O) groups excluding carboxylic acids is 1. The number of aliphatic carboxylic acids is 1. The maximum absolute atomic E-state index is 13.2. The van der Waals surface area contributed by atoms with E-state index >= 15 is 0 Å². The van der Waals surface area contributed by atoms with Crippen LogP contribution in [0.2, 0.25) is 10.0 Å². The molecule has 1 amide bonds. The van der Waals surface area contributed by atoms with Crippen molar-refractivity contribution in [3.05, 3.63) is 44.2 Å². The molecule has 0 radical (unpaired) electrons. The Balaban J connectivity index is 1.30. The number of amides is 1. The lowest BCUT2D eigenvalue weighted by Crippen LogP contribution is -2.37. The molecule has 0 atom stereocenters. The van der Waals surface area contributed by atoms with Crippen LogP contribution in [0, 0.1) is 5.92 Å². The Morgan fingerprint density at radius 3 is 2.54 bits per heavy atom. The SMILES string of the molecule is CN(Cc1sc(NC(=O)c2cnc(N3CCC(C(=O)O)CC3)c(Cl)c2)nc1-c1cc(Cl)cs1)C1CCCCC1. The van der Waals surface area contributed by atoms with E-state index in [2.05, 4.69) is 22.2 Å². The number of nitrogens with zero attached hydrogens (tertiary/aromatic N) is 4. The molecule has 5 rings (SSSR count). The molecular formula is C27H31Cl2N5O3S2. The molecule has 3 aromatic rings. The number of anilines is 2. The first kappa shape index (κ1) is 28.3. The molecule has 2 N–H and O–H groups in total. The van der Waals surface area contributed by atoms with E-state index in [1.807, 2.05) is 16.3 Å². The number of halogens is 2. The fourth-order valence-electron chi connectivity index (χ4n) is 5.31. The average Bonchev–Trinajstić information content (AvgIpc) is 3.54. The van der Waals surface area contributed by atoms with Gasteiger partial charge in [0.25, 0.3) is 5.91 Å². The quantitative estimate of drug-likeness (QED) is 0.287. The van der Waals surface area contributed by atoms with Gasteiger partial charge < -0.3 is 10.0 Å². The Hall–Kier alpha value is -2.24. The highest BCUT2D eigenvalue weighted by Crippen LogP contribution is 2.38. The van der Waals surface area contributed by atoms with Crippen LogP contribution in [-0.2, 0) is 11.3 Å². The van der Waals surface area contributed by atoms with E-state index in [1.54, 1.807) is 17.4 Å². The van der Waals surface area contributed by atoms with Gasteiger partial charge in [-0.3, -0.25) is 19.8 Å². The second kappa shape index (κ2) is 12.5. The van der Waals surface area contributed by atoms with Crippen molar-refractivity contribution in [2.24, 2.45) is 5.92 Å². The second-order valence-corrected chi connectivity index (χ2v) is 13.0. The molecule has 1 saturated heterocycles. The number of thiophene rings is 1. The highest BCUT2D eigenvalue weighted by atomic mass is 35.5. The minimum absolute atomic E-state index is 0.334. The topological polar surface area (TPSA) is 98.7 Å². The highest BCUT2D eigenvalue weighted by molar-refractivity contribution is 7.17. The van der Waals surface area contributed by atoms with Crippen molar-refractivity contribution < 1.29 is 14.7 Å². The molecule has 2 fully saturated rings. The van der Waals surface area contributed by atoms with Crippen molar-refractivity contribution in [3.63, 3.8) is 0 Å². The van der Waals surface area contributed by atoms with E-state index in [0.29, 0.717) is 58.5 Å². The third kappa shape index (κ3) is 6.74. The number of rotatable bonds is 8. The van der Waals surface area contributed by atoms with Crippen molar-refractivity contribution in [1.29, 1.82) is 0 Å². The molecule has 39 heavy (non-hydrogen) atoms. The van der Waals surface area contributed by atoms with Crippen LogP contribution in [-0.4, -0.2) is 58.0 Å². The number of hydrogen-bond acceptors (Lipinski definition) is 8. The van der Waals surface area contributed by atoms with E-state index in [-0.39, 0.29) is 11.8 Å². The van der Waals surface area contributed by atoms with Gasteiger partial charge in [0, 0.05) is 42.1 Å². The minimum Gasteiger partial charge on any atom is -0.481 e. The van der Waals surface area contributed by atoms with E-state index in [9.17, 15) is 14.7 Å². The first-order valence-electron chi connectivity index (χ1n) is 13.2. The Morgan fingerprint density at radius 1 is 1.15 bits per heavy atom. The van der Waals surface area contributed by atoms with E-state index < -0.39 is 5.97 Å². The number of aromatic nitrogens is 2. The number of pyridine rings is 1. The van der Waals surface area contributed by atoms with Gasteiger partial charge in [0.15, 0.2) is 5.13 Å². The fraction of sp³-hybridized carbons (Fsp3) is 0.481. The molecule has 208 valence electrons. The summed E-state index contributed by atoms with van der Waals surface area (Å²) in [6.45, 7) is 1.87. The van der Waals surface area contributed by atoms with Crippen LogP contribution >= 0.6 is 45.9 Å².